The Labute approximate surface area is 137 Å². The third kappa shape index (κ3) is 3.63. The van der Waals surface area contributed by atoms with E-state index < -0.39 is 0 Å². The van der Waals surface area contributed by atoms with Crippen LogP contribution < -0.4 is 0 Å². The molecule has 0 aliphatic carbocycles. The number of hydrogen-bond donors (Lipinski definition) is 0. The van der Waals surface area contributed by atoms with Gasteiger partial charge in [0.2, 0.25) is 11.8 Å². The first-order valence-electron chi connectivity index (χ1n) is 8.43. The Bertz CT molecular complexity index is 597. The number of carbonyl (C=O) groups excluding carboxylic acids is 2. The minimum Gasteiger partial charge on any atom is -0.342 e. The Hall–Kier alpha value is -2.10. The molecule has 2 saturated heterocycles. The summed E-state index contributed by atoms with van der Waals surface area (Å²) < 4.78 is 0. The van der Waals surface area contributed by atoms with Crippen LogP contribution in [-0.2, 0) is 9.59 Å². The molecule has 0 aromatic heterocycles. The molecule has 2 fully saturated rings. The summed E-state index contributed by atoms with van der Waals surface area (Å²) in [4.78, 5) is 28.3. The zero-order chi connectivity index (χ0) is 16.2. The van der Waals surface area contributed by atoms with Crippen LogP contribution in [0.1, 0.15) is 31.2 Å². The van der Waals surface area contributed by atoms with E-state index in [1.807, 2.05) is 53.3 Å². The molecule has 0 saturated carbocycles. The predicted molar refractivity (Wildman–Crippen MR) is 90.6 cm³/mol. The Morgan fingerprint density at radius 1 is 1.22 bits per heavy atom. The van der Waals surface area contributed by atoms with E-state index in [0.29, 0.717) is 18.4 Å². The van der Waals surface area contributed by atoms with Crippen molar-refractivity contribution in [3.8, 4) is 0 Å². The van der Waals surface area contributed by atoms with Crippen LogP contribution in [0.4, 0.5) is 0 Å². The molecule has 0 bridgehead atoms. The summed E-state index contributed by atoms with van der Waals surface area (Å²) in [6, 6.07) is 10.2. The number of nitrogens with zero attached hydrogens (tertiary/aromatic N) is 2. The van der Waals surface area contributed by atoms with Gasteiger partial charge in [0.1, 0.15) is 0 Å². The van der Waals surface area contributed by atoms with E-state index in [1.54, 1.807) is 6.08 Å². The average molecular weight is 312 g/mol. The molecule has 0 radical (unpaired) electrons. The monoisotopic (exact) mass is 312 g/mol. The summed E-state index contributed by atoms with van der Waals surface area (Å²) in [7, 11) is 1.91. The highest BCUT2D eigenvalue weighted by molar-refractivity contribution is 5.91. The standard InChI is InChI=1S/C19H24N2O2/c1-20-17-12-13-21(14-16(17)8-5-9-18(20)22)19(23)11-10-15-6-3-2-4-7-15/h2-4,6-7,10-11,16-17H,5,8-9,12-14H2,1H3/b11-10+/t16-,17+/m0/s1. The minimum atomic E-state index is 0.0746. The molecule has 0 spiro atoms. The molecule has 3 rings (SSSR count). The van der Waals surface area contributed by atoms with Crippen molar-refractivity contribution in [1.82, 2.24) is 9.80 Å². The van der Waals surface area contributed by atoms with Crippen LogP contribution in [0, 0.1) is 5.92 Å². The molecule has 0 unspecified atom stereocenters. The summed E-state index contributed by atoms with van der Waals surface area (Å²) in [5, 5.41) is 0. The van der Waals surface area contributed by atoms with Crippen molar-refractivity contribution >= 4 is 17.9 Å². The quantitative estimate of drug-likeness (QED) is 0.788. The minimum absolute atomic E-state index is 0.0746. The molecule has 2 atom stereocenters. The Balaban J connectivity index is 1.63. The van der Waals surface area contributed by atoms with Gasteiger partial charge in [-0.05, 0) is 36.8 Å². The van der Waals surface area contributed by atoms with E-state index >= 15 is 0 Å². The van der Waals surface area contributed by atoms with Gasteiger partial charge in [-0.25, -0.2) is 0 Å². The lowest BCUT2D eigenvalue weighted by atomic mass is 9.88. The fraction of sp³-hybridized carbons (Fsp3) is 0.474. The zero-order valence-corrected chi connectivity index (χ0v) is 13.6. The van der Waals surface area contributed by atoms with Crippen LogP contribution in [0.15, 0.2) is 36.4 Å². The number of rotatable bonds is 2. The second kappa shape index (κ2) is 6.99. The number of carbonyl (C=O) groups is 2. The average Bonchev–Trinajstić information content (AvgIpc) is 2.72. The van der Waals surface area contributed by atoms with Crippen LogP contribution in [0.3, 0.4) is 0 Å². The molecule has 1 aromatic carbocycles. The predicted octanol–water partition coefficient (Wildman–Crippen LogP) is 2.56. The van der Waals surface area contributed by atoms with E-state index in [9.17, 15) is 9.59 Å². The molecule has 1 aromatic rings. The molecule has 2 heterocycles. The maximum Gasteiger partial charge on any atom is 0.246 e. The van der Waals surface area contributed by atoms with Crippen molar-refractivity contribution in [3.63, 3.8) is 0 Å². The number of amides is 2. The summed E-state index contributed by atoms with van der Waals surface area (Å²) in [6.07, 6.45) is 7.04. The topological polar surface area (TPSA) is 40.6 Å². The number of likely N-dealkylation sites (tertiary alicyclic amines) is 2. The number of benzene rings is 1. The van der Waals surface area contributed by atoms with Crippen molar-refractivity contribution in [2.45, 2.75) is 31.7 Å². The van der Waals surface area contributed by atoms with Crippen molar-refractivity contribution in [2.24, 2.45) is 5.92 Å². The van der Waals surface area contributed by atoms with Gasteiger partial charge in [0.05, 0.1) is 0 Å². The van der Waals surface area contributed by atoms with Gasteiger partial charge in [-0.15, -0.1) is 0 Å². The van der Waals surface area contributed by atoms with Crippen LogP contribution >= 0.6 is 0 Å². The van der Waals surface area contributed by atoms with Gasteiger partial charge >= 0.3 is 0 Å². The van der Waals surface area contributed by atoms with E-state index in [4.69, 9.17) is 0 Å². The normalized spacial score (nSPS) is 25.3. The summed E-state index contributed by atoms with van der Waals surface area (Å²) >= 11 is 0. The molecular formula is C19H24N2O2. The molecule has 2 amide bonds. The highest BCUT2D eigenvalue weighted by Gasteiger charge is 2.36. The van der Waals surface area contributed by atoms with Crippen LogP contribution in [-0.4, -0.2) is 47.8 Å². The van der Waals surface area contributed by atoms with Crippen molar-refractivity contribution in [3.05, 3.63) is 42.0 Å². The maximum atomic E-state index is 12.4. The lowest BCUT2D eigenvalue weighted by Gasteiger charge is -2.41. The van der Waals surface area contributed by atoms with E-state index in [2.05, 4.69) is 0 Å². The van der Waals surface area contributed by atoms with E-state index in [1.165, 1.54) is 0 Å². The van der Waals surface area contributed by atoms with E-state index in [-0.39, 0.29) is 11.8 Å². The number of hydrogen-bond acceptors (Lipinski definition) is 2. The molecular weight excluding hydrogens is 288 g/mol. The van der Waals surface area contributed by atoms with Gasteiger partial charge in [-0.2, -0.15) is 0 Å². The second-order valence-corrected chi connectivity index (χ2v) is 6.54. The van der Waals surface area contributed by atoms with Crippen molar-refractivity contribution in [1.29, 1.82) is 0 Å². The van der Waals surface area contributed by atoms with Crippen LogP contribution in [0.2, 0.25) is 0 Å². The largest absolute Gasteiger partial charge is 0.342 e. The Morgan fingerprint density at radius 3 is 2.78 bits per heavy atom. The lowest BCUT2D eigenvalue weighted by Crippen LogP contribution is -2.51. The van der Waals surface area contributed by atoms with Gasteiger partial charge < -0.3 is 9.80 Å². The lowest BCUT2D eigenvalue weighted by molar-refractivity contribution is -0.134. The molecule has 23 heavy (non-hydrogen) atoms. The van der Waals surface area contributed by atoms with Crippen molar-refractivity contribution in [2.75, 3.05) is 20.1 Å². The molecule has 4 heteroatoms. The summed E-state index contributed by atoms with van der Waals surface area (Å²) in [5.74, 6) is 0.737. The van der Waals surface area contributed by atoms with Gasteiger partial charge in [-0.3, -0.25) is 9.59 Å². The van der Waals surface area contributed by atoms with Crippen molar-refractivity contribution < 1.29 is 9.59 Å². The van der Waals surface area contributed by atoms with Gasteiger partial charge in [0.15, 0.2) is 0 Å². The molecule has 2 aliphatic heterocycles. The number of piperidine rings is 1. The molecule has 2 aliphatic rings. The smallest absolute Gasteiger partial charge is 0.246 e. The van der Waals surface area contributed by atoms with Gasteiger partial charge in [-0.1, -0.05) is 30.3 Å². The van der Waals surface area contributed by atoms with Crippen LogP contribution in [0.5, 0.6) is 0 Å². The fourth-order valence-corrected chi connectivity index (χ4v) is 3.73. The highest BCUT2D eigenvalue weighted by atomic mass is 16.2. The second-order valence-electron chi connectivity index (χ2n) is 6.54. The number of fused-ring (bicyclic) bond motifs is 1. The maximum absolute atomic E-state index is 12.4. The summed E-state index contributed by atoms with van der Waals surface area (Å²) in [5.41, 5.74) is 1.04. The van der Waals surface area contributed by atoms with Gasteiger partial charge in [0, 0.05) is 38.7 Å². The SMILES string of the molecule is CN1C(=O)CCC[C@H]2CN(C(=O)/C=C/c3ccccc3)CC[C@H]21. The third-order valence-corrected chi connectivity index (χ3v) is 5.08. The molecule has 4 nitrogen and oxygen atoms in total. The Kier molecular flexibility index (Phi) is 4.79. The van der Waals surface area contributed by atoms with Gasteiger partial charge in [0.25, 0.3) is 0 Å². The van der Waals surface area contributed by atoms with E-state index in [0.717, 1.165) is 37.9 Å². The van der Waals surface area contributed by atoms with Crippen LogP contribution in [0.25, 0.3) is 6.08 Å². The molecule has 0 N–H and O–H groups in total. The summed E-state index contributed by atoms with van der Waals surface area (Å²) in [6.45, 7) is 1.50. The first-order valence-corrected chi connectivity index (χ1v) is 8.43. The first kappa shape index (κ1) is 15.8. The molecule has 122 valence electrons. The zero-order valence-electron chi connectivity index (χ0n) is 13.6. The Morgan fingerprint density at radius 2 is 2.00 bits per heavy atom. The fourth-order valence-electron chi connectivity index (χ4n) is 3.73. The first-order chi connectivity index (χ1) is 11.1. The highest BCUT2D eigenvalue weighted by Crippen LogP contribution is 2.29. The third-order valence-electron chi connectivity index (χ3n) is 5.08.